The number of allylic oxidation sites excluding steroid dienone is 1. The predicted molar refractivity (Wildman–Crippen MR) is 153 cm³/mol. The number of carbonyl (C=O) groups is 1. The zero-order valence-electron chi connectivity index (χ0n) is 24.3. The van der Waals surface area contributed by atoms with E-state index in [1.165, 1.54) is 50.6 Å². The van der Waals surface area contributed by atoms with Gasteiger partial charge in [0, 0.05) is 37.9 Å². The molecule has 10 unspecified atom stereocenters. The van der Waals surface area contributed by atoms with E-state index in [0.717, 1.165) is 50.0 Å². The van der Waals surface area contributed by atoms with Gasteiger partial charge in [-0.15, -0.1) is 0 Å². The molecule has 2 aliphatic heterocycles. The van der Waals surface area contributed by atoms with Crippen molar-refractivity contribution in [3.63, 3.8) is 0 Å². The van der Waals surface area contributed by atoms with E-state index in [9.17, 15) is 4.79 Å². The van der Waals surface area contributed by atoms with Crippen molar-refractivity contribution in [2.24, 2.45) is 40.9 Å². The Morgan fingerprint density at radius 3 is 2.68 bits per heavy atom. The highest BCUT2D eigenvalue weighted by atomic mass is 16.5. The maximum Gasteiger partial charge on any atom is 0.133 e. The lowest BCUT2D eigenvalue weighted by atomic mass is 9.52. The van der Waals surface area contributed by atoms with Crippen LogP contribution in [-0.2, 0) is 16.1 Å². The second-order valence-corrected chi connectivity index (χ2v) is 14.9. The number of fused-ring (bicyclic) bond motifs is 6. The van der Waals surface area contributed by atoms with Crippen molar-refractivity contribution in [1.29, 1.82) is 0 Å². The van der Waals surface area contributed by atoms with Crippen LogP contribution in [0.25, 0.3) is 0 Å². The smallest absolute Gasteiger partial charge is 0.133 e. The molecule has 3 nitrogen and oxygen atoms in total. The van der Waals surface area contributed by atoms with Crippen molar-refractivity contribution in [2.45, 2.75) is 116 Å². The van der Waals surface area contributed by atoms with Crippen LogP contribution in [0.15, 0.2) is 41.5 Å². The summed E-state index contributed by atoms with van der Waals surface area (Å²) in [4.78, 5) is 15.1. The summed E-state index contributed by atoms with van der Waals surface area (Å²) in [6, 6.07) is 11.6. The zero-order valence-corrected chi connectivity index (χ0v) is 24.3. The van der Waals surface area contributed by atoms with E-state index in [1.807, 2.05) is 5.57 Å². The van der Waals surface area contributed by atoms with Crippen LogP contribution in [0, 0.1) is 40.9 Å². The molecule has 5 fully saturated rings. The van der Waals surface area contributed by atoms with Crippen LogP contribution in [0.2, 0.25) is 0 Å². The van der Waals surface area contributed by atoms with Gasteiger partial charge in [0.15, 0.2) is 0 Å². The van der Waals surface area contributed by atoms with E-state index in [0.29, 0.717) is 41.1 Å². The molecule has 4 aliphatic carbocycles. The summed E-state index contributed by atoms with van der Waals surface area (Å²) in [5.74, 6) is 4.80. The average molecular weight is 516 g/mol. The fraction of sp³-hybridized carbons (Fsp3) is 0.743. The highest BCUT2D eigenvalue weighted by molar-refractivity contribution is 5.79. The molecule has 7 rings (SSSR count). The zero-order chi connectivity index (χ0) is 26.2. The van der Waals surface area contributed by atoms with Crippen LogP contribution < -0.4 is 0 Å². The van der Waals surface area contributed by atoms with Crippen molar-refractivity contribution in [1.82, 2.24) is 4.90 Å². The molecule has 206 valence electrons. The van der Waals surface area contributed by atoms with Gasteiger partial charge in [-0.1, -0.05) is 62.2 Å². The second-order valence-electron chi connectivity index (χ2n) is 14.9. The maximum absolute atomic E-state index is 12.3. The molecule has 1 spiro atoms. The van der Waals surface area contributed by atoms with E-state index in [-0.39, 0.29) is 5.60 Å². The molecule has 0 N–H and O–H groups in total. The van der Waals surface area contributed by atoms with E-state index in [2.05, 4.69) is 62.9 Å². The summed E-state index contributed by atoms with van der Waals surface area (Å²) in [6.07, 6.45) is 12.0. The molecule has 2 saturated heterocycles. The Hall–Kier alpha value is -1.45. The second kappa shape index (κ2) is 9.30. The van der Waals surface area contributed by atoms with Crippen molar-refractivity contribution >= 4 is 5.78 Å². The molecule has 0 bridgehead atoms. The lowest BCUT2D eigenvalue weighted by molar-refractivity contribution is -0.129. The number of benzene rings is 1. The van der Waals surface area contributed by atoms with Gasteiger partial charge in [-0.2, -0.15) is 0 Å². The van der Waals surface area contributed by atoms with Crippen LogP contribution in [0.3, 0.4) is 0 Å². The summed E-state index contributed by atoms with van der Waals surface area (Å²) in [6.45, 7) is 12.2. The maximum atomic E-state index is 12.3. The number of rotatable bonds is 2. The van der Waals surface area contributed by atoms with Gasteiger partial charge in [-0.25, -0.2) is 0 Å². The normalized spacial score (nSPS) is 46.9. The number of piperidine rings is 1. The van der Waals surface area contributed by atoms with Crippen molar-refractivity contribution in [2.75, 3.05) is 6.54 Å². The first-order valence-electron chi connectivity index (χ1n) is 15.9. The third-order valence-electron chi connectivity index (χ3n) is 12.9. The van der Waals surface area contributed by atoms with Crippen molar-refractivity contribution in [3.8, 4) is 0 Å². The molecule has 0 amide bonds. The Morgan fingerprint density at radius 2 is 1.87 bits per heavy atom. The number of likely N-dealkylation sites (tertiary alicyclic amines) is 1. The fourth-order valence-corrected chi connectivity index (χ4v) is 11.0. The number of ether oxygens (including phenoxy) is 1. The molecule has 0 aromatic heterocycles. The number of nitrogens with zero attached hydrogens (tertiary/aromatic N) is 1. The van der Waals surface area contributed by atoms with Crippen LogP contribution in [-0.4, -0.2) is 35.0 Å². The SMILES string of the molecule is CC1=C2CC3C(CCC4CC(=O)CCC43C)C2CCC2(C1)OC1CC(C)CN(Cc3ccccc3)C1C2C. The first kappa shape index (κ1) is 25.5. The average Bonchev–Trinajstić information content (AvgIpc) is 3.35. The topological polar surface area (TPSA) is 29.5 Å². The number of carbonyl (C=O) groups excluding carboxylic acids is 1. The Morgan fingerprint density at radius 1 is 1.05 bits per heavy atom. The molecular weight excluding hydrogens is 466 g/mol. The summed E-state index contributed by atoms with van der Waals surface area (Å²) < 4.78 is 7.30. The van der Waals surface area contributed by atoms with Crippen LogP contribution >= 0.6 is 0 Å². The molecule has 10 atom stereocenters. The summed E-state index contributed by atoms with van der Waals surface area (Å²) in [7, 11) is 0. The third-order valence-corrected chi connectivity index (χ3v) is 12.9. The van der Waals surface area contributed by atoms with Gasteiger partial charge in [0.2, 0.25) is 0 Å². The lowest BCUT2D eigenvalue weighted by Crippen LogP contribution is -2.51. The quantitative estimate of drug-likeness (QED) is 0.380. The summed E-state index contributed by atoms with van der Waals surface area (Å²) in [5, 5.41) is 0. The van der Waals surface area contributed by atoms with Gasteiger partial charge in [0.25, 0.3) is 0 Å². The van der Waals surface area contributed by atoms with Gasteiger partial charge in [0.1, 0.15) is 5.78 Å². The van der Waals surface area contributed by atoms with E-state index in [1.54, 1.807) is 5.57 Å². The highest BCUT2D eigenvalue weighted by Gasteiger charge is 2.60. The van der Waals surface area contributed by atoms with Gasteiger partial charge < -0.3 is 4.74 Å². The molecule has 1 aromatic carbocycles. The van der Waals surface area contributed by atoms with E-state index >= 15 is 0 Å². The Bertz CT molecular complexity index is 1110. The van der Waals surface area contributed by atoms with Crippen molar-refractivity contribution < 1.29 is 9.53 Å². The first-order valence-corrected chi connectivity index (χ1v) is 15.9. The number of ketones is 1. The van der Waals surface area contributed by atoms with E-state index < -0.39 is 0 Å². The summed E-state index contributed by atoms with van der Waals surface area (Å²) in [5.41, 5.74) is 5.30. The van der Waals surface area contributed by atoms with Crippen LogP contribution in [0.4, 0.5) is 0 Å². The molecule has 3 heteroatoms. The van der Waals surface area contributed by atoms with Gasteiger partial charge in [-0.05, 0) is 98.9 Å². The monoisotopic (exact) mass is 515 g/mol. The fourth-order valence-electron chi connectivity index (χ4n) is 11.0. The molecular formula is C35H49NO2. The lowest BCUT2D eigenvalue weighted by Gasteiger charge is -2.52. The largest absolute Gasteiger partial charge is 0.369 e. The third kappa shape index (κ3) is 3.92. The first-order chi connectivity index (χ1) is 18.3. The van der Waals surface area contributed by atoms with Crippen LogP contribution in [0.1, 0.15) is 97.5 Å². The van der Waals surface area contributed by atoms with Gasteiger partial charge in [-0.3, -0.25) is 9.69 Å². The molecule has 38 heavy (non-hydrogen) atoms. The Kier molecular flexibility index (Phi) is 6.24. The highest BCUT2D eigenvalue weighted by Crippen LogP contribution is 2.65. The molecule has 0 radical (unpaired) electrons. The van der Waals surface area contributed by atoms with Crippen molar-refractivity contribution in [3.05, 3.63) is 47.0 Å². The number of hydrogen-bond acceptors (Lipinski definition) is 3. The molecule has 2 heterocycles. The number of hydrogen-bond donors (Lipinski definition) is 0. The predicted octanol–water partition coefficient (Wildman–Crippen LogP) is 7.59. The van der Waals surface area contributed by atoms with E-state index in [4.69, 9.17) is 4.74 Å². The Balaban J connectivity index is 1.15. The standard InChI is InChI=1S/C35H49NO2/c1-22-16-32-33(36(20-22)21-25-8-6-5-7-9-25)24(3)35(38-32)15-13-28-29-11-10-26-17-27(37)12-14-34(26,4)31(29)18-30(28)23(2)19-35/h5-9,22,24,26,28-29,31-33H,10-21H2,1-4H3. The van der Waals surface area contributed by atoms with Gasteiger partial charge >= 0.3 is 0 Å². The summed E-state index contributed by atoms with van der Waals surface area (Å²) >= 11 is 0. The van der Waals surface area contributed by atoms with Gasteiger partial charge in [0.05, 0.1) is 11.7 Å². The molecule has 1 aromatic rings. The molecule has 6 aliphatic rings. The minimum absolute atomic E-state index is 0.00358. The van der Waals surface area contributed by atoms with Crippen LogP contribution in [0.5, 0.6) is 0 Å². The minimum Gasteiger partial charge on any atom is -0.369 e. The minimum atomic E-state index is 0.00358. The molecule has 3 saturated carbocycles. The number of Topliss-reactive ketones (excluding diaryl/α,β-unsaturated/α-hetero) is 1. The Labute approximate surface area is 230 Å².